The van der Waals surface area contributed by atoms with Gasteiger partial charge in [0, 0.05) is 0 Å². The number of hydrogen-bond donors (Lipinski definition) is 1. The summed E-state index contributed by atoms with van der Waals surface area (Å²) in [5, 5.41) is 9.55. The fourth-order valence-electron chi connectivity index (χ4n) is 1.36. The van der Waals surface area contributed by atoms with Gasteiger partial charge < -0.3 is 5.11 Å². The van der Waals surface area contributed by atoms with Crippen molar-refractivity contribution in [2.24, 2.45) is 5.92 Å². The Bertz CT molecular complexity index is 224. The van der Waals surface area contributed by atoms with Crippen molar-refractivity contribution in [3.8, 4) is 0 Å². The Morgan fingerprint density at radius 3 is 2.58 bits per heavy atom. The number of aliphatic hydroxyl groups is 1. The lowest BCUT2D eigenvalue weighted by atomic mass is 9.82. The van der Waals surface area contributed by atoms with E-state index in [0.717, 1.165) is 12.0 Å². The first-order valence-electron chi connectivity index (χ1n) is 4.41. The van der Waals surface area contributed by atoms with Crippen molar-refractivity contribution in [1.29, 1.82) is 0 Å². The molecule has 68 valence electrons. The summed E-state index contributed by atoms with van der Waals surface area (Å²) in [5.41, 5.74) is 0.0461. The monoisotopic (exact) mass is 168 g/mol. The van der Waals surface area contributed by atoms with Gasteiger partial charge in [0.1, 0.15) is 5.60 Å². The summed E-state index contributed by atoms with van der Waals surface area (Å²) in [4.78, 5) is 11.3. The number of rotatable bonds is 1. The highest BCUT2D eigenvalue weighted by atomic mass is 16.3. The van der Waals surface area contributed by atoms with Gasteiger partial charge in [-0.2, -0.15) is 0 Å². The highest BCUT2D eigenvalue weighted by Gasteiger charge is 2.32. The van der Waals surface area contributed by atoms with Crippen LogP contribution in [-0.2, 0) is 4.79 Å². The first-order chi connectivity index (χ1) is 5.43. The molecular formula is C10H16O2. The molecule has 0 bridgehead atoms. The van der Waals surface area contributed by atoms with E-state index in [1.54, 1.807) is 13.0 Å². The van der Waals surface area contributed by atoms with Gasteiger partial charge in [-0.1, -0.05) is 19.4 Å². The number of hydrogen-bond acceptors (Lipinski definition) is 2. The quantitative estimate of drug-likeness (QED) is 0.646. The first-order valence-corrected chi connectivity index (χ1v) is 4.41. The van der Waals surface area contributed by atoms with Crippen molar-refractivity contribution in [2.45, 2.75) is 39.2 Å². The second-order valence-corrected chi connectivity index (χ2v) is 4.01. The largest absolute Gasteiger partial charge is 0.382 e. The Morgan fingerprint density at radius 2 is 2.17 bits per heavy atom. The van der Waals surface area contributed by atoms with Crippen LogP contribution in [-0.4, -0.2) is 16.5 Å². The third-order valence-electron chi connectivity index (χ3n) is 2.49. The zero-order valence-electron chi connectivity index (χ0n) is 7.92. The minimum absolute atomic E-state index is 0.141. The summed E-state index contributed by atoms with van der Waals surface area (Å²) in [6.07, 6.45) is 3.01. The average Bonchev–Trinajstić information content (AvgIpc) is 1.94. The van der Waals surface area contributed by atoms with Crippen LogP contribution in [0.1, 0.15) is 33.6 Å². The van der Waals surface area contributed by atoms with E-state index in [1.807, 2.05) is 0 Å². The Hall–Kier alpha value is -0.630. The predicted molar refractivity (Wildman–Crippen MR) is 47.8 cm³/mol. The van der Waals surface area contributed by atoms with Crippen molar-refractivity contribution in [2.75, 3.05) is 0 Å². The molecule has 0 fully saturated rings. The molecule has 0 aromatic rings. The van der Waals surface area contributed by atoms with Crippen molar-refractivity contribution in [1.82, 2.24) is 0 Å². The number of carbonyl (C=O) groups excluding carboxylic acids is 1. The fourth-order valence-corrected chi connectivity index (χ4v) is 1.36. The Morgan fingerprint density at radius 1 is 1.58 bits per heavy atom. The number of allylic oxidation sites excluding steroid dienone is 1. The average molecular weight is 168 g/mol. The molecule has 0 amide bonds. The molecule has 0 saturated carbocycles. The topological polar surface area (TPSA) is 37.3 Å². The van der Waals surface area contributed by atoms with Crippen LogP contribution in [0.15, 0.2) is 11.6 Å². The molecule has 1 aliphatic carbocycles. The maximum absolute atomic E-state index is 11.3. The number of carbonyl (C=O) groups is 1. The molecule has 1 aliphatic rings. The van der Waals surface area contributed by atoms with Crippen LogP contribution in [0.2, 0.25) is 0 Å². The molecule has 0 saturated heterocycles. The van der Waals surface area contributed by atoms with Crippen molar-refractivity contribution in [3.63, 3.8) is 0 Å². The molecule has 1 rings (SSSR count). The summed E-state index contributed by atoms with van der Waals surface area (Å²) < 4.78 is 0. The molecule has 0 radical (unpaired) electrons. The van der Waals surface area contributed by atoms with Gasteiger partial charge in [-0.25, -0.2) is 0 Å². The van der Waals surface area contributed by atoms with Crippen molar-refractivity contribution >= 4 is 5.78 Å². The molecule has 2 nitrogen and oxygen atoms in total. The van der Waals surface area contributed by atoms with Gasteiger partial charge >= 0.3 is 0 Å². The van der Waals surface area contributed by atoms with Crippen LogP contribution >= 0.6 is 0 Å². The zero-order valence-corrected chi connectivity index (χ0v) is 7.92. The Kier molecular flexibility index (Phi) is 2.38. The van der Waals surface area contributed by atoms with Crippen molar-refractivity contribution in [3.05, 3.63) is 11.6 Å². The lowest BCUT2D eigenvalue weighted by Gasteiger charge is -2.27. The molecule has 0 heterocycles. The van der Waals surface area contributed by atoms with Crippen LogP contribution in [0, 0.1) is 5.92 Å². The lowest BCUT2D eigenvalue weighted by Crippen LogP contribution is -2.36. The second kappa shape index (κ2) is 3.02. The predicted octanol–water partition coefficient (Wildman–Crippen LogP) is 1.68. The van der Waals surface area contributed by atoms with E-state index in [2.05, 4.69) is 13.8 Å². The molecule has 0 aliphatic heterocycles. The maximum Gasteiger partial charge on any atom is 0.186 e. The zero-order chi connectivity index (χ0) is 9.35. The minimum Gasteiger partial charge on any atom is -0.382 e. The minimum atomic E-state index is -1.11. The van der Waals surface area contributed by atoms with Crippen LogP contribution in [0.4, 0.5) is 0 Å². The standard InChI is InChI=1S/C10H16O2/c1-7(2)8-4-5-10(3,12)9(11)6-8/h6-7,12H,4-5H2,1-3H3/t10-/m1/s1. The summed E-state index contributed by atoms with van der Waals surface area (Å²) >= 11 is 0. The van der Waals surface area contributed by atoms with E-state index in [4.69, 9.17) is 0 Å². The summed E-state index contributed by atoms with van der Waals surface area (Å²) in [5.74, 6) is 0.280. The van der Waals surface area contributed by atoms with Gasteiger partial charge in [-0.05, 0) is 31.8 Å². The maximum atomic E-state index is 11.3. The van der Waals surface area contributed by atoms with E-state index in [-0.39, 0.29) is 5.78 Å². The molecule has 0 unspecified atom stereocenters. The molecule has 1 atom stereocenters. The molecule has 0 aromatic carbocycles. The molecule has 12 heavy (non-hydrogen) atoms. The van der Waals surface area contributed by atoms with Gasteiger partial charge in [-0.15, -0.1) is 0 Å². The van der Waals surface area contributed by atoms with E-state index in [0.29, 0.717) is 12.3 Å². The SMILES string of the molecule is CC(C)C1=CC(=O)[C@](C)(O)CC1. The third kappa shape index (κ3) is 1.75. The summed E-state index contributed by atoms with van der Waals surface area (Å²) in [6, 6.07) is 0. The normalized spacial score (nSPS) is 30.8. The Labute approximate surface area is 73.3 Å². The fraction of sp³-hybridized carbons (Fsp3) is 0.700. The van der Waals surface area contributed by atoms with E-state index < -0.39 is 5.60 Å². The van der Waals surface area contributed by atoms with Crippen LogP contribution in [0.3, 0.4) is 0 Å². The lowest BCUT2D eigenvalue weighted by molar-refractivity contribution is -0.131. The summed E-state index contributed by atoms with van der Waals surface area (Å²) in [6.45, 7) is 5.72. The van der Waals surface area contributed by atoms with Gasteiger partial charge in [0.2, 0.25) is 0 Å². The second-order valence-electron chi connectivity index (χ2n) is 4.01. The third-order valence-corrected chi connectivity index (χ3v) is 2.49. The van der Waals surface area contributed by atoms with Crippen molar-refractivity contribution < 1.29 is 9.90 Å². The van der Waals surface area contributed by atoms with Gasteiger partial charge in [0.15, 0.2) is 5.78 Å². The first kappa shape index (κ1) is 9.46. The van der Waals surface area contributed by atoms with Crippen LogP contribution in [0.5, 0.6) is 0 Å². The van der Waals surface area contributed by atoms with E-state index >= 15 is 0 Å². The summed E-state index contributed by atoms with van der Waals surface area (Å²) in [7, 11) is 0. The number of ketones is 1. The molecule has 0 aromatic heterocycles. The molecule has 0 spiro atoms. The van der Waals surface area contributed by atoms with Crippen LogP contribution < -0.4 is 0 Å². The highest BCUT2D eigenvalue weighted by molar-refractivity contribution is 5.97. The van der Waals surface area contributed by atoms with Crippen LogP contribution in [0.25, 0.3) is 0 Å². The Balaban J connectivity index is 2.82. The van der Waals surface area contributed by atoms with Gasteiger partial charge in [0.25, 0.3) is 0 Å². The van der Waals surface area contributed by atoms with Gasteiger partial charge in [-0.3, -0.25) is 4.79 Å². The van der Waals surface area contributed by atoms with Gasteiger partial charge in [0.05, 0.1) is 0 Å². The highest BCUT2D eigenvalue weighted by Crippen LogP contribution is 2.28. The van der Waals surface area contributed by atoms with E-state index in [1.165, 1.54) is 0 Å². The van der Waals surface area contributed by atoms with E-state index in [9.17, 15) is 9.90 Å². The molecule has 2 heteroatoms. The molecular weight excluding hydrogens is 152 g/mol. The smallest absolute Gasteiger partial charge is 0.186 e. The molecule has 1 N–H and O–H groups in total.